The number of rotatable bonds is 1. The van der Waals surface area contributed by atoms with Crippen LogP contribution in [0.25, 0.3) is 0 Å². The van der Waals surface area contributed by atoms with Gasteiger partial charge in [-0.15, -0.1) is 5.11 Å². The van der Waals surface area contributed by atoms with E-state index in [-0.39, 0.29) is 0 Å². The van der Waals surface area contributed by atoms with Crippen molar-refractivity contribution >= 4 is 5.84 Å². The van der Waals surface area contributed by atoms with Gasteiger partial charge in [-0.3, -0.25) is 5.41 Å². The molecule has 0 aromatic heterocycles. The van der Waals surface area contributed by atoms with Crippen LogP contribution in [0.15, 0.2) is 5.11 Å². The quantitative estimate of drug-likeness (QED) is 0.265. The smallest absolute Gasteiger partial charge is 0.280 e. The number of nitrogens with zero attached hydrogens (tertiary/aromatic N) is 1. The highest BCUT2D eigenvalue weighted by Crippen LogP contribution is 2.36. The minimum absolute atomic E-state index is 1.69. The zero-order valence-electron chi connectivity index (χ0n) is 4.84. The maximum absolute atomic E-state index is 11.8. The van der Waals surface area contributed by atoms with E-state index >= 15 is 0 Å². The first kappa shape index (κ1) is 9.92. The molecular formula is C3H2F5N3. The van der Waals surface area contributed by atoms with E-state index in [9.17, 15) is 22.0 Å². The first-order chi connectivity index (χ1) is 4.73. The highest BCUT2D eigenvalue weighted by atomic mass is 19.4. The van der Waals surface area contributed by atoms with Crippen molar-refractivity contribution in [3.63, 3.8) is 0 Å². The van der Waals surface area contributed by atoms with Crippen LogP contribution in [-0.4, -0.2) is 17.9 Å². The summed E-state index contributed by atoms with van der Waals surface area (Å²) in [6, 6.07) is 0. The molecule has 0 amide bonds. The molecule has 8 heteroatoms. The Balaban J connectivity index is 4.73. The van der Waals surface area contributed by atoms with E-state index in [1.54, 1.807) is 5.11 Å². The van der Waals surface area contributed by atoms with Crippen molar-refractivity contribution in [1.29, 1.82) is 10.9 Å². The first-order valence-corrected chi connectivity index (χ1v) is 2.14. The van der Waals surface area contributed by atoms with Crippen molar-refractivity contribution in [2.75, 3.05) is 0 Å². The van der Waals surface area contributed by atoms with Crippen LogP contribution in [0.3, 0.4) is 0 Å². The summed E-state index contributed by atoms with van der Waals surface area (Å²) in [5.74, 6) is -7.64. The number of nitrogens with one attached hydrogen (secondary N) is 2. The SMILES string of the molecule is N=NC(=N)C(F)(F)C(F)(F)F. The van der Waals surface area contributed by atoms with Gasteiger partial charge < -0.3 is 0 Å². The molecule has 0 spiro atoms. The van der Waals surface area contributed by atoms with Crippen molar-refractivity contribution in [2.24, 2.45) is 5.11 Å². The van der Waals surface area contributed by atoms with E-state index in [1.165, 1.54) is 0 Å². The third kappa shape index (κ3) is 1.69. The van der Waals surface area contributed by atoms with Gasteiger partial charge in [0.15, 0.2) is 0 Å². The summed E-state index contributed by atoms with van der Waals surface area (Å²) < 4.78 is 57.2. The predicted molar refractivity (Wildman–Crippen MR) is 23.9 cm³/mol. The van der Waals surface area contributed by atoms with Crippen molar-refractivity contribution in [2.45, 2.75) is 12.1 Å². The van der Waals surface area contributed by atoms with E-state index in [1.807, 2.05) is 0 Å². The van der Waals surface area contributed by atoms with Gasteiger partial charge in [-0.05, 0) is 0 Å². The molecule has 2 N–H and O–H groups in total. The van der Waals surface area contributed by atoms with Crippen molar-refractivity contribution < 1.29 is 22.0 Å². The predicted octanol–water partition coefficient (Wildman–Crippen LogP) is 2.19. The second-order valence-corrected chi connectivity index (χ2v) is 1.53. The highest BCUT2D eigenvalue weighted by Gasteiger charge is 2.61. The standard InChI is InChI=1S/C3H2F5N3/c4-2(5,1(9)11-10)3(6,7)8/h9-10H. The zero-order chi connectivity index (χ0) is 9.28. The molecule has 0 aromatic carbocycles. The van der Waals surface area contributed by atoms with Gasteiger partial charge in [-0.25, -0.2) is 5.53 Å². The Morgan fingerprint density at radius 1 is 1.09 bits per heavy atom. The van der Waals surface area contributed by atoms with Gasteiger partial charge in [0.2, 0.25) is 5.84 Å². The van der Waals surface area contributed by atoms with Gasteiger partial charge in [-0.2, -0.15) is 22.0 Å². The molecule has 0 bridgehead atoms. The number of halogens is 5. The Kier molecular flexibility index (Phi) is 2.27. The average molecular weight is 175 g/mol. The normalized spacial score (nSPS) is 12.8. The Hall–Kier alpha value is -1.08. The molecule has 0 aliphatic rings. The van der Waals surface area contributed by atoms with Gasteiger partial charge in [0.05, 0.1) is 0 Å². The van der Waals surface area contributed by atoms with E-state index in [0.29, 0.717) is 0 Å². The molecule has 0 saturated carbocycles. The summed E-state index contributed by atoms with van der Waals surface area (Å²) in [5.41, 5.74) is 5.76. The average Bonchev–Trinajstić information content (AvgIpc) is 1.83. The van der Waals surface area contributed by atoms with Gasteiger partial charge in [0.25, 0.3) is 0 Å². The number of alkyl halides is 5. The molecule has 0 radical (unpaired) electrons. The maximum atomic E-state index is 11.8. The minimum Gasteiger partial charge on any atom is -0.280 e. The van der Waals surface area contributed by atoms with Gasteiger partial charge >= 0.3 is 12.1 Å². The lowest BCUT2D eigenvalue weighted by Crippen LogP contribution is -2.42. The largest absolute Gasteiger partial charge is 0.461 e. The topological polar surface area (TPSA) is 60.1 Å². The van der Waals surface area contributed by atoms with Gasteiger partial charge in [0, 0.05) is 0 Å². The second kappa shape index (κ2) is 2.51. The molecule has 0 unspecified atom stereocenters. The first-order valence-electron chi connectivity index (χ1n) is 2.14. The van der Waals surface area contributed by atoms with Crippen LogP contribution in [0.5, 0.6) is 0 Å². The van der Waals surface area contributed by atoms with Crippen LogP contribution >= 0.6 is 0 Å². The summed E-state index contributed by atoms with van der Waals surface area (Å²) in [7, 11) is 0. The summed E-state index contributed by atoms with van der Waals surface area (Å²) in [4.78, 5) is 0. The fraction of sp³-hybridized carbons (Fsp3) is 0.667. The van der Waals surface area contributed by atoms with Crippen molar-refractivity contribution in [3.05, 3.63) is 0 Å². The molecule has 3 nitrogen and oxygen atoms in total. The molecular weight excluding hydrogens is 173 g/mol. The van der Waals surface area contributed by atoms with E-state index < -0.39 is 17.9 Å². The highest BCUT2D eigenvalue weighted by molar-refractivity contribution is 5.86. The van der Waals surface area contributed by atoms with E-state index in [2.05, 4.69) is 0 Å². The van der Waals surface area contributed by atoms with Gasteiger partial charge in [0.1, 0.15) is 0 Å². The fourth-order valence-electron chi connectivity index (χ4n) is 0.204. The molecule has 0 fully saturated rings. The molecule has 0 aliphatic heterocycles. The maximum Gasteiger partial charge on any atom is 0.461 e. The van der Waals surface area contributed by atoms with Gasteiger partial charge in [-0.1, -0.05) is 0 Å². The van der Waals surface area contributed by atoms with Crippen molar-refractivity contribution in [3.8, 4) is 0 Å². The molecule has 0 aliphatic carbocycles. The van der Waals surface area contributed by atoms with Crippen LogP contribution in [0.1, 0.15) is 0 Å². The van der Waals surface area contributed by atoms with Crippen LogP contribution < -0.4 is 0 Å². The van der Waals surface area contributed by atoms with Crippen LogP contribution in [0.2, 0.25) is 0 Å². The third-order valence-electron chi connectivity index (χ3n) is 0.765. The van der Waals surface area contributed by atoms with E-state index in [4.69, 9.17) is 10.9 Å². The molecule has 0 atom stereocenters. The van der Waals surface area contributed by atoms with E-state index in [0.717, 1.165) is 0 Å². The lowest BCUT2D eigenvalue weighted by molar-refractivity contribution is -0.250. The third-order valence-corrected chi connectivity index (χ3v) is 0.765. The van der Waals surface area contributed by atoms with Crippen molar-refractivity contribution in [1.82, 2.24) is 0 Å². The fourth-order valence-corrected chi connectivity index (χ4v) is 0.204. The molecule has 0 saturated heterocycles. The summed E-state index contributed by atoms with van der Waals surface area (Å²) in [6.07, 6.45) is -5.85. The Morgan fingerprint density at radius 2 is 1.45 bits per heavy atom. The lowest BCUT2D eigenvalue weighted by atomic mass is 10.3. The van der Waals surface area contributed by atoms with Crippen LogP contribution in [0, 0.1) is 10.9 Å². The minimum atomic E-state index is -5.85. The molecule has 11 heavy (non-hydrogen) atoms. The number of hydrogen-bond acceptors (Lipinski definition) is 2. The summed E-state index contributed by atoms with van der Waals surface area (Å²) >= 11 is 0. The van der Waals surface area contributed by atoms with Crippen LogP contribution in [0.4, 0.5) is 22.0 Å². The number of hydrogen-bond donors (Lipinski definition) is 2. The summed E-state index contributed by atoms with van der Waals surface area (Å²) in [6.45, 7) is 0. The number of amidine groups is 1. The molecule has 0 aromatic rings. The monoisotopic (exact) mass is 175 g/mol. The second-order valence-electron chi connectivity index (χ2n) is 1.53. The Labute approximate surface area is 57.2 Å². The molecule has 64 valence electrons. The zero-order valence-corrected chi connectivity index (χ0v) is 4.84. The summed E-state index contributed by atoms with van der Waals surface area (Å²) in [5, 5.41) is 7.66. The molecule has 0 heterocycles. The Morgan fingerprint density at radius 3 is 1.55 bits per heavy atom. The Bertz CT molecular complexity index is 182. The lowest BCUT2D eigenvalue weighted by Gasteiger charge is -2.16. The van der Waals surface area contributed by atoms with Crippen LogP contribution in [-0.2, 0) is 0 Å². The molecule has 0 rings (SSSR count).